The lowest BCUT2D eigenvalue weighted by molar-refractivity contribution is -0.0371. The van der Waals surface area contributed by atoms with E-state index in [9.17, 15) is 13.5 Å². The molecule has 5 N–H and O–H groups in total. The predicted molar refractivity (Wildman–Crippen MR) is 73.3 cm³/mol. The highest BCUT2D eigenvalue weighted by Gasteiger charge is 2.36. The van der Waals surface area contributed by atoms with Crippen LogP contribution in [0.5, 0.6) is 0 Å². The van der Waals surface area contributed by atoms with Crippen LogP contribution in [0.2, 0.25) is 0 Å². The number of hydrogen-bond donors (Lipinski definition) is 3. The fourth-order valence-corrected chi connectivity index (χ4v) is 2.60. The van der Waals surface area contributed by atoms with Crippen molar-refractivity contribution in [2.45, 2.75) is 24.9 Å². The maximum Gasteiger partial charge on any atom is 0.333 e. The Hall–Kier alpha value is -1.86. The zero-order valence-electron chi connectivity index (χ0n) is 11.2. The van der Waals surface area contributed by atoms with E-state index in [1.807, 2.05) is 0 Å². The summed E-state index contributed by atoms with van der Waals surface area (Å²) < 4.78 is 33.2. The van der Waals surface area contributed by atoms with Gasteiger partial charge in [0.2, 0.25) is 0 Å². The summed E-state index contributed by atoms with van der Waals surface area (Å²) in [6.07, 6.45) is 0.652. The van der Waals surface area contributed by atoms with Gasteiger partial charge in [-0.25, -0.2) is 20.1 Å². The van der Waals surface area contributed by atoms with E-state index in [-0.39, 0.29) is 18.8 Å². The summed E-state index contributed by atoms with van der Waals surface area (Å²) in [7, 11) is -4.09. The van der Waals surface area contributed by atoms with Gasteiger partial charge < -0.3 is 15.6 Å². The molecule has 3 heterocycles. The Morgan fingerprint density at radius 3 is 2.95 bits per heavy atom. The Morgan fingerprint density at radius 2 is 2.23 bits per heavy atom. The molecule has 0 spiro atoms. The number of imidazole rings is 1. The van der Waals surface area contributed by atoms with E-state index in [2.05, 4.69) is 19.1 Å². The van der Waals surface area contributed by atoms with Gasteiger partial charge in [-0.1, -0.05) is 0 Å². The maximum absolute atomic E-state index is 10.8. The van der Waals surface area contributed by atoms with Crippen molar-refractivity contribution < 1.29 is 22.4 Å². The third-order valence-corrected chi connectivity index (χ3v) is 3.76. The Bertz CT molecular complexity index is 792. The lowest BCUT2D eigenvalue weighted by atomic mass is 10.2. The Morgan fingerprint density at radius 1 is 1.45 bits per heavy atom. The molecule has 0 unspecified atom stereocenters. The minimum absolute atomic E-state index is 0.216. The second-order valence-corrected chi connectivity index (χ2v) is 6.01. The van der Waals surface area contributed by atoms with Crippen molar-refractivity contribution in [2.75, 3.05) is 12.3 Å². The van der Waals surface area contributed by atoms with Crippen molar-refractivity contribution in [2.24, 2.45) is 5.14 Å². The molecule has 0 amide bonds. The average molecular weight is 330 g/mol. The maximum atomic E-state index is 10.8. The van der Waals surface area contributed by atoms with E-state index in [0.717, 1.165) is 0 Å². The second-order valence-electron chi connectivity index (χ2n) is 4.79. The van der Waals surface area contributed by atoms with E-state index >= 15 is 0 Å². The van der Waals surface area contributed by atoms with Crippen LogP contribution in [0.1, 0.15) is 12.6 Å². The highest BCUT2D eigenvalue weighted by molar-refractivity contribution is 7.84. The van der Waals surface area contributed by atoms with Crippen LogP contribution in [0.3, 0.4) is 0 Å². The molecule has 0 aliphatic carbocycles. The fraction of sp³-hybridized carbons (Fsp3) is 0.500. The van der Waals surface area contributed by atoms with Gasteiger partial charge in [-0.3, -0.25) is 8.75 Å². The number of aliphatic hydroxyl groups is 1. The van der Waals surface area contributed by atoms with Crippen LogP contribution in [0.15, 0.2) is 12.7 Å². The molecule has 1 fully saturated rings. The van der Waals surface area contributed by atoms with Gasteiger partial charge in [-0.2, -0.15) is 8.42 Å². The Kier molecular flexibility index (Phi) is 3.70. The molecule has 2 aromatic heterocycles. The van der Waals surface area contributed by atoms with Crippen molar-refractivity contribution in [3.05, 3.63) is 12.7 Å². The normalized spacial score (nSPS) is 25.8. The number of aliphatic hydroxyl groups excluding tert-OH is 1. The third-order valence-electron chi connectivity index (χ3n) is 3.30. The summed E-state index contributed by atoms with van der Waals surface area (Å²) in [4.78, 5) is 12.0. The number of fused-ring (bicyclic) bond motifs is 1. The lowest BCUT2D eigenvalue weighted by Gasteiger charge is -2.15. The Labute approximate surface area is 125 Å². The predicted octanol–water partition coefficient (Wildman–Crippen LogP) is -1.72. The standard InChI is InChI=1S/C10H14N6O5S/c11-9-8-10(14-3-13-9)16(4-15-8)7-1-5(17)6(21-7)2-20-22(12,18)19/h3-7,17H,1-2H2,(H2,11,13,14)(H2,12,18,19)/t5-,6+,7+/m0/s1. The van der Waals surface area contributed by atoms with Gasteiger partial charge >= 0.3 is 10.3 Å². The van der Waals surface area contributed by atoms with Crippen LogP contribution in [-0.2, 0) is 19.2 Å². The zero-order chi connectivity index (χ0) is 15.9. The SMILES string of the molecule is Nc1ncnc2c1ncn2[C@H]1C[C@H](O)[C@@H](COS(N)(=O)=O)O1. The minimum Gasteiger partial charge on any atom is -0.390 e. The second kappa shape index (κ2) is 5.40. The molecule has 120 valence electrons. The molecular weight excluding hydrogens is 316 g/mol. The first kappa shape index (κ1) is 15.1. The molecule has 22 heavy (non-hydrogen) atoms. The molecule has 0 aromatic carbocycles. The minimum atomic E-state index is -4.09. The van der Waals surface area contributed by atoms with Crippen LogP contribution in [0.4, 0.5) is 5.82 Å². The number of aromatic nitrogens is 4. The molecule has 1 aliphatic rings. The summed E-state index contributed by atoms with van der Waals surface area (Å²) in [5, 5.41) is 14.7. The van der Waals surface area contributed by atoms with Crippen LogP contribution in [0.25, 0.3) is 11.2 Å². The highest BCUT2D eigenvalue weighted by Crippen LogP contribution is 2.31. The number of rotatable bonds is 4. The molecule has 0 saturated carbocycles. The van der Waals surface area contributed by atoms with Crippen LogP contribution < -0.4 is 10.9 Å². The smallest absolute Gasteiger partial charge is 0.333 e. The summed E-state index contributed by atoms with van der Waals surface area (Å²) >= 11 is 0. The van der Waals surface area contributed by atoms with Crippen molar-refractivity contribution in [1.82, 2.24) is 19.5 Å². The van der Waals surface area contributed by atoms with E-state index in [4.69, 9.17) is 15.6 Å². The van der Waals surface area contributed by atoms with Gasteiger partial charge in [0.05, 0.1) is 19.0 Å². The number of nitrogen functional groups attached to an aromatic ring is 1. The zero-order valence-corrected chi connectivity index (χ0v) is 12.0. The van der Waals surface area contributed by atoms with E-state index in [1.165, 1.54) is 12.7 Å². The monoisotopic (exact) mass is 330 g/mol. The van der Waals surface area contributed by atoms with Gasteiger partial charge in [0, 0.05) is 6.42 Å². The number of nitrogens with two attached hydrogens (primary N) is 2. The first-order valence-corrected chi connectivity index (χ1v) is 7.76. The van der Waals surface area contributed by atoms with Crippen LogP contribution in [-0.4, -0.2) is 51.9 Å². The summed E-state index contributed by atoms with van der Waals surface area (Å²) in [6, 6.07) is 0. The fourth-order valence-electron chi connectivity index (χ4n) is 2.28. The molecule has 1 saturated heterocycles. The molecule has 12 heteroatoms. The third kappa shape index (κ3) is 2.86. The average Bonchev–Trinajstić information content (AvgIpc) is 3.00. The quantitative estimate of drug-likeness (QED) is 0.590. The number of anilines is 1. The van der Waals surface area contributed by atoms with Crippen molar-refractivity contribution >= 4 is 27.3 Å². The molecule has 11 nitrogen and oxygen atoms in total. The molecule has 2 aromatic rings. The Balaban J connectivity index is 1.80. The summed E-state index contributed by atoms with van der Waals surface area (Å²) in [5.41, 5.74) is 6.58. The van der Waals surface area contributed by atoms with Crippen LogP contribution >= 0.6 is 0 Å². The van der Waals surface area contributed by atoms with Crippen molar-refractivity contribution in [3.63, 3.8) is 0 Å². The van der Waals surface area contributed by atoms with Gasteiger partial charge in [0.15, 0.2) is 11.5 Å². The van der Waals surface area contributed by atoms with Crippen molar-refractivity contribution in [1.29, 1.82) is 0 Å². The molecule has 1 aliphatic heterocycles. The van der Waals surface area contributed by atoms with Gasteiger partial charge in [0.25, 0.3) is 0 Å². The number of hydrogen-bond acceptors (Lipinski definition) is 9. The topological polar surface area (TPSA) is 168 Å². The van der Waals surface area contributed by atoms with E-state index in [0.29, 0.717) is 11.2 Å². The van der Waals surface area contributed by atoms with E-state index < -0.39 is 28.7 Å². The van der Waals surface area contributed by atoms with Gasteiger partial charge in [0.1, 0.15) is 24.2 Å². The lowest BCUT2D eigenvalue weighted by Crippen LogP contribution is -2.30. The van der Waals surface area contributed by atoms with Gasteiger partial charge in [-0.15, -0.1) is 0 Å². The summed E-state index contributed by atoms with van der Waals surface area (Å²) in [5.74, 6) is 0.233. The molecular formula is C10H14N6O5S. The molecule has 0 bridgehead atoms. The first-order chi connectivity index (χ1) is 10.3. The highest BCUT2D eigenvalue weighted by atomic mass is 32.2. The van der Waals surface area contributed by atoms with E-state index in [1.54, 1.807) is 4.57 Å². The number of nitrogens with zero attached hydrogens (tertiary/aromatic N) is 4. The molecule has 3 rings (SSSR count). The summed E-state index contributed by atoms with van der Waals surface area (Å²) in [6.45, 7) is -0.375. The molecule has 0 radical (unpaired) electrons. The first-order valence-electron chi connectivity index (χ1n) is 6.29. The van der Waals surface area contributed by atoms with Crippen LogP contribution in [0, 0.1) is 0 Å². The number of ether oxygens (including phenoxy) is 1. The largest absolute Gasteiger partial charge is 0.390 e. The van der Waals surface area contributed by atoms with Crippen molar-refractivity contribution in [3.8, 4) is 0 Å². The molecule has 3 atom stereocenters. The van der Waals surface area contributed by atoms with Gasteiger partial charge in [-0.05, 0) is 0 Å².